The number of carbonyl (C=O) groups excluding carboxylic acids is 2. The molecule has 1 aromatic heterocycles. The number of nitrogens with one attached hydrogen (secondary N) is 2. The number of halogens is 2. The number of rotatable bonds is 5. The van der Waals surface area contributed by atoms with Crippen molar-refractivity contribution in [3.05, 3.63) is 85.2 Å². The highest BCUT2D eigenvalue weighted by atomic mass is 35.5. The van der Waals surface area contributed by atoms with E-state index >= 15 is 0 Å². The maximum Gasteiger partial charge on any atom is 0.263 e. The van der Waals surface area contributed by atoms with E-state index in [0.29, 0.717) is 50.5 Å². The van der Waals surface area contributed by atoms with Crippen molar-refractivity contribution in [1.82, 2.24) is 19.8 Å². The highest BCUT2D eigenvalue weighted by Crippen LogP contribution is 2.27. The third kappa shape index (κ3) is 4.96. The Kier molecular flexibility index (Phi) is 7.38. The van der Waals surface area contributed by atoms with Crippen LogP contribution in [0.2, 0.25) is 10.0 Å². The lowest BCUT2D eigenvalue weighted by molar-refractivity contribution is 0.0653. The first-order chi connectivity index (χ1) is 17.1. The summed E-state index contributed by atoms with van der Waals surface area (Å²) in [7, 11) is 1.57. The van der Waals surface area contributed by atoms with Crippen LogP contribution in [0.5, 0.6) is 0 Å². The molecule has 188 valence electrons. The van der Waals surface area contributed by atoms with Crippen LogP contribution in [-0.4, -0.2) is 45.4 Å². The van der Waals surface area contributed by atoms with Gasteiger partial charge in [0.05, 0.1) is 28.0 Å². The number of hydrogen-bond donors (Lipinski definition) is 2. The summed E-state index contributed by atoms with van der Waals surface area (Å²) in [6.45, 7) is 5.99. The summed E-state index contributed by atoms with van der Waals surface area (Å²) in [5.41, 5.74) is 2.41. The first-order valence-corrected chi connectivity index (χ1v) is 12.4. The lowest BCUT2D eigenvalue weighted by Gasteiger charge is -2.34. The maximum absolute atomic E-state index is 13.7. The van der Waals surface area contributed by atoms with Crippen LogP contribution in [-0.2, 0) is 13.0 Å². The van der Waals surface area contributed by atoms with Crippen molar-refractivity contribution in [1.29, 1.82) is 0 Å². The zero-order chi connectivity index (χ0) is 26.1. The lowest BCUT2D eigenvalue weighted by atomic mass is 9.98. The molecule has 0 bridgehead atoms. The van der Waals surface area contributed by atoms with Crippen molar-refractivity contribution in [2.24, 2.45) is 0 Å². The Hall–Kier alpha value is -3.36. The molecule has 0 radical (unpaired) electrons. The smallest absolute Gasteiger partial charge is 0.263 e. The Morgan fingerprint density at radius 3 is 2.33 bits per heavy atom. The molecule has 1 unspecified atom stereocenters. The average Bonchev–Trinajstić information content (AvgIpc) is 2.85. The molecule has 0 spiro atoms. The van der Waals surface area contributed by atoms with E-state index in [1.807, 2.05) is 20.8 Å². The van der Waals surface area contributed by atoms with Crippen molar-refractivity contribution in [2.45, 2.75) is 45.8 Å². The summed E-state index contributed by atoms with van der Waals surface area (Å²) in [4.78, 5) is 45.4. The third-order valence-corrected chi connectivity index (χ3v) is 6.81. The normalized spacial score (nSPS) is 15.0. The van der Waals surface area contributed by atoms with Gasteiger partial charge < -0.3 is 15.5 Å². The Morgan fingerprint density at radius 2 is 1.72 bits per heavy atom. The number of fused-ring (bicyclic) bond motifs is 1. The number of aromatic nitrogens is 2. The van der Waals surface area contributed by atoms with E-state index < -0.39 is 0 Å². The molecule has 2 amide bonds. The molecule has 36 heavy (non-hydrogen) atoms. The van der Waals surface area contributed by atoms with Gasteiger partial charge in [0.2, 0.25) is 5.95 Å². The van der Waals surface area contributed by atoms with Gasteiger partial charge in [-0.15, -0.1) is 0 Å². The SMILES string of the molecule is CNC(=O)c1ccc(-n2c(NC(C)C)nc3c(c2=O)CC(C)N(C(=O)c2ccc(Cl)c(Cl)c2)C3)cc1. The molecule has 2 N–H and O–H groups in total. The van der Waals surface area contributed by atoms with Crippen LogP contribution < -0.4 is 16.2 Å². The molecule has 0 saturated heterocycles. The maximum atomic E-state index is 13.7. The Labute approximate surface area is 219 Å². The number of hydrogen-bond acceptors (Lipinski definition) is 5. The fourth-order valence-corrected chi connectivity index (χ4v) is 4.52. The molecule has 2 heterocycles. The fourth-order valence-electron chi connectivity index (χ4n) is 4.23. The average molecular weight is 528 g/mol. The standard InChI is InChI=1S/C26H27Cl2N5O3/c1-14(2)30-26-31-22-13-32(24(35)17-7-10-20(27)21(28)12-17)15(3)11-19(22)25(36)33(26)18-8-5-16(6-9-18)23(34)29-4/h5-10,12,14-15H,11,13H2,1-4H3,(H,29,34)(H,30,31). The number of anilines is 1. The van der Waals surface area contributed by atoms with Crippen LogP contribution in [0.4, 0.5) is 5.95 Å². The zero-order valence-electron chi connectivity index (χ0n) is 20.4. The minimum Gasteiger partial charge on any atom is -0.355 e. The van der Waals surface area contributed by atoms with Crippen molar-refractivity contribution >= 4 is 41.0 Å². The summed E-state index contributed by atoms with van der Waals surface area (Å²) >= 11 is 12.1. The van der Waals surface area contributed by atoms with E-state index in [0.717, 1.165) is 0 Å². The Morgan fingerprint density at radius 1 is 1.06 bits per heavy atom. The largest absolute Gasteiger partial charge is 0.355 e. The van der Waals surface area contributed by atoms with Gasteiger partial charge in [-0.3, -0.25) is 14.4 Å². The van der Waals surface area contributed by atoms with Crippen molar-refractivity contribution in [3.8, 4) is 5.69 Å². The highest BCUT2D eigenvalue weighted by Gasteiger charge is 2.32. The second-order valence-electron chi connectivity index (χ2n) is 9.04. The summed E-state index contributed by atoms with van der Waals surface area (Å²) in [5.74, 6) is -0.0441. The first-order valence-electron chi connectivity index (χ1n) is 11.6. The molecule has 2 aromatic carbocycles. The number of carbonyl (C=O) groups is 2. The highest BCUT2D eigenvalue weighted by molar-refractivity contribution is 6.42. The van der Waals surface area contributed by atoms with Crippen LogP contribution in [0.1, 0.15) is 52.7 Å². The minimum absolute atomic E-state index is 0.00259. The minimum atomic E-state index is -0.234. The molecule has 8 nitrogen and oxygen atoms in total. The molecule has 10 heteroatoms. The summed E-state index contributed by atoms with van der Waals surface area (Å²) in [6, 6.07) is 11.3. The molecule has 0 aliphatic carbocycles. The van der Waals surface area contributed by atoms with Gasteiger partial charge in [-0.1, -0.05) is 23.2 Å². The number of amides is 2. The number of benzene rings is 2. The Bertz CT molecular complexity index is 1390. The van der Waals surface area contributed by atoms with Gasteiger partial charge in [0.25, 0.3) is 17.4 Å². The van der Waals surface area contributed by atoms with Gasteiger partial charge >= 0.3 is 0 Å². The second-order valence-corrected chi connectivity index (χ2v) is 9.86. The topological polar surface area (TPSA) is 96.3 Å². The molecule has 1 aliphatic heterocycles. The van der Waals surface area contributed by atoms with E-state index in [1.54, 1.807) is 54.4 Å². The molecule has 1 aliphatic rings. The summed E-state index contributed by atoms with van der Waals surface area (Å²) in [6.07, 6.45) is 0.354. The van der Waals surface area contributed by atoms with Gasteiger partial charge in [0, 0.05) is 35.8 Å². The van der Waals surface area contributed by atoms with E-state index in [-0.39, 0.29) is 36.0 Å². The lowest BCUT2D eigenvalue weighted by Crippen LogP contribution is -2.46. The summed E-state index contributed by atoms with van der Waals surface area (Å²) in [5, 5.41) is 6.52. The fraction of sp³-hybridized carbons (Fsp3) is 0.308. The molecular weight excluding hydrogens is 501 g/mol. The van der Waals surface area contributed by atoms with Crippen LogP contribution in [0.15, 0.2) is 47.3 Å². The Balaban J connectivity index is 1.75. The molecule has 0 saturated carbocycles. The van der Waals surface area contributed by atoms with Crippen LogP contribution in [0.3, 0.4) is 0 Å². The monoisotopic (exact) mass is 527 g/mol. The van der Waals surface area contributed by atoms with Crippen molar-refractivity contribution in [3.63, 3.8) is 0 Å². The molecule has 4 rings (SSSR count). The van der Waals surface area contributed by atoms with Gasteiger partial charge in [-0.2, -0.15) is 0 Å². The molecular formula is C26H27Cl2N5O3. The van der Waals surface area contributed by atoms with Crippen molar-refractivity contribution < 1.29 is 9.59 Å². The molecule has 3 aromatic rings. The second kappa shape index (κ2) is 10.3. The quantitative estimate of drug-likeness (QED) is 0.515. The first kappa shape index (κ1) is 25.7. The molecule has 1 atom stereocenters. The predicted molar refractivity (Wildman–Crippen MR) is 141 cm³/mol. The van der Waals surface area contributed by atoms with Crippen LogP contribution in [0, 0.1) is 0 Å². The van der Waals surface area contributed by atoms with Crippen molar-refractivity contribution in [2.75, 3.05) is 12.4 Å². The summed E-state index contributed by atoms with van der Waals surface area (Å²) < 4.78 is 1.52. The van der Waals surface area contributed by atoms with Gasteiger partial charge in [0.15, 0.2) is 0 Å². The molecule has 0 fully saturated rings. The third-order valence-electron chi connectivity index (χ3n) is 6.07. The van der Waals surface area contributed by atoms with Gasteiger partial charge in [-0.25, -0.2) is 9.55 Å². The number of nitrogens with zero attached hydrogens (tertiary/aromatic N) is 3. The van der Waals surface area contributed by atoms with Crippen LogP contribution >= 0.6 is 23.2 Å². The van der Waals surface area contributed by atoms with Gasteiger partial charge in [0.1, 0.15) is 0 Å². The predicted octanol–water partition coefficient (Wildman–Crippen LogP) is 4.31. The van der Waals surface area contributed by atoms with E-state index in [4.69, 9.17) is 28.2 Å². The van der Waals surface area contributed by atoms with E-state index in [1.165, 1.54) is 4.57 Å². The van der Waals surface area contributed by atoms with Crippen LogP contribution in [0.25, 0.3) is 5.69 Å². The van der Waals surface area contributed by atoms with Gasteiger partial charge in [-0.05, 0) is 69.7 Å². The van der Waals surface area contributed by atoms with E-state index in [9.17, 15) is 14.4 Å². The van der Waals surface area contributed by atoms with E-state index in [2.05, 4.69) is 10.6 Å². The zero-order valence-corrected chi connectivity index (χ0v) is 21.9.